The van der Waals surface area contributed by atoms with Crippen LogP contribution < -0.4 is 5.32 Å². The smallest absolute Gasteiger partial charge is 0.317 e. The Kier molecular flexibility index (Phi) is 4.48. The van der Waals surface area contributed by atoms with Gasteiger partial charge in [0.2, 0.25) is 0 Å². The summed E-state index contributed by atoms with van der Waals surface area (Å²) in [5, 5.41) is 3.21. The summed E-state index contributed by atoms with van der Waals surface area (Å²) in [4.78, 5) is 16.8. The Morgan fingerprint density at radius 2 is 2.19 bits per heavy atom. The van der Waals surface area contributed by atoms with Crippen molar-refractivity contribution in [2.45, 2.75) is 45.2 Å². The second kappa shape index (κ2) is 6.52. The largest absolute Gasteiger partial charge is 0.469 e. The molecule has 0 unspecified atom stereocenters. The maximum atomic E-state index is 12.5. The van der Waals surface area contributed by atoms with Crippen LogP contribution in [0.3, 0.4) is 0 Å². The molecule has 1 saturated heterocycles. The van der Waals surface area contributed by atoms with Crippen molar-refractivity contribution in [3.63, 3.8) is 0 Å². The van der Waals surface area contributed by atoms with E-state index in [9.17, 15) is 4.79 Å². The van der Waals surface area contributed by atoms with E-state index >= 15 is 0 Å². The molecule has 1 N–H and O–H groups in total. The molecular formula is C16H25N3O2. The molecule has 2 amide bonds. The van der Waals surface area contributed by atoms with E-state index in [0.717, 1.165) is 63.2 Å². The second-order valence-electron chi connectivity index (χ2n) is 6.05. The maximum Gasteiger partial charge on any atom is 0.317 e. The molecule has 1 fully saturated rings. The molecule has 0 aromatic carbocycles. The number of rotatable bonds is 2. The summed E-state index contributed by atoms with van der Waals surface area (Å²) >= 11 is 0. The zero-order valence-electron chi connectivity index (χ0n) is 12.8. The molecule has 3 rings (SSSR count). The Labute approximate surface area is 126 Å². The van der Waals surface area contributed by atoms with E-state index in [1.165, 1.54) is 0 Å². The van der Waals surface area contributed by atoms with Crippen LogP contribution in [0.25, 0.3) is 0 Å². The molecule has 1 aromatic rings. The van der Waals surface area contributed by atoms with Crippen LogP contribution in [0.2, 0.25) is 0 Å². The first-order valence-corrected chi connectivity index (χ1v) is 8.09. The molecule has 0 spiro atoms. The number of piperidine rings is 1. The van der Waals surface area contributed by atoms with Gasteiger partial charge in [-0.05, 0) is 31.9 Å². The van der Waals surface area contributed by atoms with Crippen molar-refractivity contribution in [3.8, 4) is 0 Å². The summed E-state index contributed by atoms with van der Waals surface area (Å²) in [6.45, 7) is 6.96. The van der Waals surface area contributed by atoms with Crippen LogP contribution in [0.5, 0.6) is 0 Å². The van der Waals surface area contributed by atoms with Gasteiger partial charge >= 0.3 is 6.03 Å². The van der Waals surface area contributed by atoms with E-state index in [0.29, 0.717) is 12.6 Å². The number of hydrogen-bond acceptors (Lipinski definition) is 3. The summed E-state index contributed by atoms with van der Waals surface area (Å²) < 4.78 is 5.47. The molecule has 116 valence electrons. The number of likely N-dealkylation sites (tertiary alicyclic amines) is 1. The molecule has 5 heteroatoms. The van der Waals surface area contributed by atoms with Gasteiger partial charge in [-0.2, -0.15) is 0 Å². The first-order chi connectivity index (χ1) is 10.3. The van der Waals surface area contributed by atoms with Gasteiger partial charge in [-0.15, -0.1) is 0 Å². The molecule has 0 saturated carbocycles. The monoisotopic (exact) mass is 291 g/mol. The van der Waals surface area contributed by atoms with Gasteiger partial charge in [-0.1, -0.05) is 6.92 Å². The van der Waals surface area contributed by atoms with Gasteiger partial charge in [-0.3, -0.25) is 0 Å². The van der Waals surface area contributed by atoms with Crippen molar-refractivity contribution in [2.75, 3.05) is 26.2 Å². The van der Waals surface area contributed by atoms with E-state index in [4.69, 9.17) is 4.42 Å². The zero-order chi connectivity index (χ0) is 14.7. The second-order valence-corrected chi connectivity index (χ2v) is 6.05. The minimum Gasteiger partial charge on any atom is -0.469 e. The highest BCUT2D eigenvalue weighted by Gasteiger charge is 2.24. The molecule has 1 aromatic heterocycles. The fraction of sp³-hybridized carbons (Fsp3) is 0.688. The predicted octanol–water partition coefficient (Wildman–Crippen LogP) is 2.22. The Morgan fingerprint density at radius 3 is 2.95 bits per heavy atom. The van der Waals surface area contributed by atoms with Crippen molar-refractivity contribution in [3.05, 3.63) is 23.7 Å². The number of furan rings is 1. The average molecular weight is 291 g/mol. The van der Waals surface area contributed by atoms with Crippen LogP contribution in [0.15, 0.2) is 16.7 Å². The van der Waals surface area contributed by atoms with Gasteiger partial charge in [0.05, 0.1) is 12.8 Å². The third-order valence-electron chi connectivity index (χ3n) is 4.68. The van der Waals surface area contributed by atoms with Gasteiger partial charge in [-0.25, -0.2) is 4.79 Å². The Hall–Kier alpha value is -1.49. The number of aryl methyl sites for hydroxylation is 1. The molecule has 0 atom stereocenters. The summed E-state index contributed by atoms with van der Waals surface area (Å²) in [7, 11) is 0. The number of carbonyl (C=O) groups is 1. The number of nitrogens with zero attached hydrogens (tertiary/aromatic N) is 2. The minimum atomic E-state index is 0.0824. The third-order valence-corrected chi connectivity index (χ3v) is 4.68. The van der Waals surface area contributed by atoms with Crippen LogP contribution in [-0.4, -0.2) is 48.1 Å². The number of amides is 2. The fourth-order valence-electron chi connectivity index (χ4n) is 3.28. The number of hydrogen-bond donors (Lipinski definition) is 1. The number of carbonyl (C=O) groups excluding carboxylic acids is 1. The highest BCUT2D eigenvalue weighted by atomic mass is 16.3. The van der Waals surface area contributed by atoms with Crippen LogP contribution in [-0.2, 0) is 13.0 Å². The van der Waals surface area contributed by atoms with E-state index in [-0.39, 0.29) is 6.03 Å². The van der Waals surface area contributed by atoms with Gasteiger partial charge in [0.25, 0.3) is 0 Å². The number of fused-ring (bicyclic) bond motifs is 1. The standard InChI is InChI=1S/C16H25N3O2/c1-2-18-9-5-14(6-10-18)17-16(20)19-8-3-4-15-13(12-19)7-11-21-15/h7,11,14H,2-6,8-10,12H2,1H3,(H,17,20). The molecule has 2 aliphatic heterocycles. The highest BCUT2D eigenvalue weighted by Crippen LogP contribution is 2.20. The van der Waals surface area contributed by atoms with Crippen molar-refractivity contribution < 1.29 is 9.21 Å². The van der Waals surface area contributed by atoms with Crippen molar-refractivity contribution in [1.82, 2.24) is 15.1 Å². The van der Waals surface area contributed by atoms with Crippen molar-refractivity contribution in [2.24, 2.45) is 0 Å². The van der Waals surface area contributed by atoms with E-state index in [2.05, 4.69) is 17.1 Å². The van der Waals surface area contributed by atoms with Crippen LogP contribution >= 0.6 is 0 Å². The summed E-state index contributed by atoms with van der Waals surface area (Å²) in [6, 6.07) is 2.40. The van der Waals surface area contributed by atoms with E-state index < -0.39 is 0 Å². The molecule has 3 heterocycles. The van der Waals surface area contributed by atoms with Crippen LogP contribution in [0.4, 0.5) is 4.79 Å². The Balaban J connectivity index is 1.54. The molecule has 2 aliphatic rings. The van der Waals surface area contributed by atoms with E-state index in [1.807, 2.05) is 11.0 Å². The van der Waals surface area contributed by atoms with E-state index in [1.54, 1.807) is 6.26 Å². The summed E-state index contributed by atoms with van der Waals surface area (Å²) in [5.74, 6) is 1.04. The molecule has 0 radical (unpaired) electrons. The van der Waals surface area contributed by atoms with Gasteiger partial charge in [0.1, 0.15) is 5.76 Å². The SMILES string of the molecule is CCN1CCC(NC(=O)N2CCCc3occc3C2)CC1. The fourth-order valence-corrected chi connectivity index (χ4v) is 3.28. The average Bonchev–Trinajstić information content (AvgIpc) is 2.85. The first-order valence-electron chi connectivity index (χ1n) is 8.09. The summed E-state index contributed by atoms with van der Waals surface area (Å²) in [6.07, 6.45) is 5.75. The van der Waals surface area contributed by atoms with Crippen molar-refractivity contribution in [1.29, 1.82) is 0 Å². The Morgan fingerprint density at radius 1 is 1.38 bits per heavy atom. The normalized spacial score (nSPS) is 20.9. The van der Waals surface area contributed by atoms with Crippen LogP contribution in [0, 0.1) is 0 Å². The lowest BCUT2D eigenvalue weighted by Crippen LogP contribution is -2.49. The molecule has 21 heavy (non-hydrogen) atoms. The molecule has 5 nitrogen and oxygen atoms in total. The number of nitrogens with one attached hydrogen (secondary N) is 1. The highest BCUT2D eigenvalue weighted by molar-refractivity contribution is 5.74. The quantitative estimate of drug-likeness (QED) is 0.909. The van der Waals surface area contributed by atoms with Gasteiger partial charge in [0.15, 0.2) is 0 Å². The molecule has 0 aliphatic carbocycles. The first kappa shape index (κ1) is 14.4. The van der Waals surface area contributed by atoms with Gasteiger partial charge < -0.3 is 19.5 Å². The van der Waals surface area contributed by atoms with Crippen LogP contribution in [0.1, 0.15) is 37.5 Å². The van der Waals surface area contributed by atoms with Gasteiger partial charge in [0, 0.05) is 37.7 Å². The molecule has 0 bridgehead atoms. The molecular weight excluding hydrogens is 266 g/mol. The lowest BCUT2D eigenvalue weighted by atomic mass is 10.1. The lowest BCUT2D eigenvalue weighted by molar-refractivity contribution is 0.173. The maximum absolute atomic E-state index is 12.5. The zero-order valence-corrected chi connectivity index (χ0v) is 12.8. The summed E-state index contributed by atoms with van der Waals surface area (Å²) in [5.41, 5.74) is 1.16. The lowest BCUT2D eigenvalue weighted by Gasteiger charge is -2.33. The third kappa shape index (κ3) is 3.40. The minimum absolute atomic E-state index is 0.0824. The number of urea groups is 1. The Bertz CT molecular complexity index is 478. The predicted molar refractivity (Wildman–Crippen MR) is 81.1 cm³/mol. The topological polar surface area (TPSA) is 48.7 Å². The van der Waals surface area contributed by atoms with Crippen molar-refractivity contribution >= 4 is 6.03 Å².